The number of halogens is 3. The molecule has 3 nitrogen and oxygen atoms in total. The Hall–Kier alpha value is -0.780. The standard InChI is InChI=1S/C8H14F3NO2/c1-3-4-7(5-12,6(13)14-2)8(9,10)11/h3-5,12H2,1-2H3. The smallest absolute Gasteiger partial charge is 0.406 e. The first-order valence-electron chi connectivity index (χ1n) is 4.21. The number of carbonyl (C=O) groups excluding carboxylic acids is 1. The topological polar surface area (TPSA) is 52.3 Å². The summed E-state index contributed by atoms with van der Waals surface area (Å²) in [5.74, 6) is -1.31. The van der Waals surface area contributed by atoms with E-state index in [2.05, 4.69) is 4.74 Å². The number of nitrogens with two attached hydrogens (primary N) is 1. The van der Waals surface area contributed by atoms with Gasteiger partial charge in [-0.2, -0.15) is 13.2 Å². The molecule has 0 radical (unpaired) electrons. The average molecular weight is 213 g/mol. The zero-order valence-corrected chi connectivity index (χ0v) is 8.15. The molecule has 0 bridgehead atoms. The first-order valence-corrected chi connectivity index (χ1v) is 4.21. The monoisotopic (exact) mass is 213 g/mol. The molecule has 84 valence electrons. The van der Waals surface area contributed by atoms with E-state index in [1.165, 1.54) is 0 Å². The summed E-state index contributed by atoms with van der Waals surface area (Å²) in [5, 5.41) is 0. The lowest BCUT2D eigenvalue weighted by Crippen LogP contribution is -2.51. The van der Waals surface area contributed by atoms with Gasteiger partial charge in [-0.05, 0) is 6.42 Å². The predicted molar refractivity (Wildman–Crippen MR) is 44.5 cm³/mol. The minimum absolute atomic E-state index is 0.214. The van der Waals surface area contributed by atoms with Crippen molar-refractivity contribution in [3.8, 4) is 0 Å². The highest BCUT2D eigenvalue weighted by molar-refractivity contribution is 5.78. The maximum Gasteiger partial charge on any atom is 0.406 e. The van der Waals surface area contributed by atoms with Gasteiger partial charge < -0.3 is 10.5 Å². The zero-order chi connectivity index (χ0) is 11.4. The van der Waals surface area contributed by atoms with Crippen molar-refractivity contribution in [3.05, 3.63) is 0 Å². The average Bonchev–Trinajstić information content (AvgIpc) is 2.11. The van der Waals surface area contributed by atoms with Crippen molar-refractivity contribution in [2.45, 2.75) is 25.9 Å². The lowest BCUT2D eigenvalue weighted by Gasteiger charge is -2.31. The molecular formula is C8H14F3NO2. The summed E-state index contributed by atoms with van der Waals surface area (Å²) in [6, 6.07) is 0. The minimum Gasteiger partial charge on any atom is -0.468 e. The molecular weight excluding hydrogens is 199 g/mol. The van der Waals surface area contributed by atoms with Gasteiger partial charge in [0.1, 0.15) is 0 Å². The Morgan fingerprint density at radius 1 is 1.43 bits per heavy atom. The number of carbonyl (C=O) groups is 1. The summed E-state index contributed by atoms with van der Waals surface area (Å²) < 4.78 is 42.0. The van der Waals surface area contributed by atoms with Gasteiger partial charge in [0.25, 0.3) is 0 Å². The molecule has 0 aromatic rings. The van der Waals surface area contributed by atoms with Crippen LogP contribution in [0.5, 0.6) is 0 Å². The second-order valence-corrected chi connectivity index (χ2v) is 3.03. The van der Waals surface area contributed by atoms with E-state index in [1.807, 2.05) is 0 Å². The molecule has 0 spiro atoms. The zero-order valence-electron chi connectivity index (χ0n) is 8.15. The van der Waals surface area contributed by atoms with E-state index in [4.69, 9.17) is 5.73 Å². The van der Waals surface area contributed by atoms with Crippen LogP contribution in [-0.2, 0) is 9.53 Å². The summed E-state index contributed by atoms with van der Waals surface area (Å²) >= 11 is 0. The molecule has 1 atom stereocenters. The second kappa shape index (κ2) is 4.63. The SMILES string of the molecule is CCCC(CN)(C(=O)OC)C(F)(F)F. The number of methoxy groups -OCH3 is 1. The Kier molecular flexibility index (Phi) is 4.38. The van der Waals surface area contributed by atoms with Crippen LogP contribution in [0.25, 0.3) is 0 Å². The molecule has 0 saturated carbocycles. The molecule has 0 aliphatic rings. The molecule has 0 fully saturated rings. The first-order chi connectivity index (χ1) is 6.35. The summed E-state index contributed by atoms with van der Waals surface area (Å²) in [6.45, 7) is 0.774. The Morgan fingerprint density at radius 3 is 2.14 bits per heavy atom. The summed E-state index contributed by atoms with van der Waals surface area (Å²) in [7, 11) is 0.925. The number of hydrogen-bond donors (Lipinski definition) is 1. The number of esters is 1. The van der Waals surface area contributed by atoms with Crippen LogP contribution >= 0.6 is 0 Å². The maximum absolute atomic E-state index is 12.6. The van der Waals surface area contributed by atoms with E-state index in [-0.39, 0.29) is 12.8 Å². The number of alkyl halides is 3. The van der Waals surface area contributed by atoms with Crippen LogP contribution in [0.3, 0.4) is 0 Å². The Bertz CT molecular complexity index is 205. The van der Waals surface area contributed by atoms with Gasteiger partial charge in [-0.3, -0.25) is 4.79 Å². The van der Waals surface area contributed by atoms with E-state index in [1.54, 1.807) is 6.92 Å². The van der Waals surface area contributed by atoms with Gasteiger partial charge in [0.15, 0.2) is 5.41 Å². The molecule has 0 amide bonds. The molecule has 0 rings (SSSR count). The summed E-state index contributed by atoms with van der Waals surface area (Å²) in [5.41, 5.74) is 2.49. The predicted octanol–water partition coefficient (Wildman–Crippen LogP) is 1.47. The minimum atomic E-state index is -4.66. The summed E-state index contributed by atoms with van der Waals surface area (Å²) in [4.78, 5) is 11.1. The first kappa shape index (κ1) is 13.2. The lowest BCUT2D eigenvalue weighted by atomic mass is 9.82. The van der Waals surface area contributed by atoms with Crippen molar-refractivity contribution in [2.75, 3.05) is 13.7 Å². The highest BCUT2D eigenvalue weighted by atomic mass is 19.4. The van der Waals surface area contributed by atoms with Crippen molar-refractivity contribution >= 4 is 5.97 Å². The molecule has 6 heteroatoms. The molecule has 0 aliphatic heterocycles. The lowest BCUT2D eigenvalue weighted by molar-refractivity contribution is -0.232. The molecule has 14 heavy (non-hydrogen) atoms. The van der Waals surface area contributed by atoms with Crippen molar-refractivity contribution in [1.29, 1.82) is 0 Å². The van der Waals surface area contributed by atoms with Gasteiger partial charge in [-0.1, -0.05) is 13.3 Å². The third-order valence-electron chi connectivity index (χ3n) is 2.14. The van der Waals surface area contributed by atoms with E-state index in [0.717, 1.165) is 7.11 Å². The molecule has 0 aromatic heterocycles. The van der Waals surface area contributed by atoms with Gasteiger partial charge in [0.05, 0.1) is 7.11 Å². The Labute approximate surface area is 80.4 Å². The number of rotatable bonds is 4. The number of ether oxygens (including phenoxy) is 1. The van der Waals surface area contributed by atoms with Crippen molar-refractivity contribution in [2.24, 2.45) is 11.1 Å². The fourth-order valence-corrected chi connectivity index (χ4v) is 1.28. The van der Waals surface area contributed by atoms with Crippen LogP contribution in [0.4, 0.5) is 13.2 Å². The molecule has 0 saturated heterocycles. The van der Waals surface area contributed by atoms with E-state index in [0.29, 0.717) is 0 Å². The third-order valence-corrected chi connectivity index (χ3v) is 2.14. The van der Waals surface area contributed by atoms with Crippen LogP contribution in [-0.4, -0.2) is 25.8 Å². The van der Waals surface area contributed by atoms with Crippen LogP contribution in [0, 0.1) is 5.41 Å². The molecule has 0 aliphatic carbocycles. The highest BCUT2D eigenvalue weighted by Crippen LogP contribution is 2.42. The van der Waals surface area contributed by atoms with Crippen LogP contribution in [0.1, 0.15) is 19.8 Å². The van der Waals surface area contributed by atoms with Gasteiger partial charge in [0.2, 0.25) is 0 Å². The van der Waals surface area contributed by atoms with Crippen LogP contribution in [0.2, 0.25) is 0 Å². The third kappa shape index (κ3) is 2.17. The maximum atomic E-state index is 12.6. The fraction of sp³-hybridized carbons (Fsp3) is 0.875. The van der Waals surface area contributed by atoms with E-state index >= 15 is 0 Å². The fourth-order valence-electron chi connectivity index (χ4n) is 1.28. The second-order valence-electron chi connectivity index (χ2n) is 3.03. The van der Waals surface area contributed by atoms with Gasteiger partial charge >= 0.3 is 12.1 Å². The molecule has 2 N–H and O–H groups in total. The molecule has 0 aromatic carbocycles. The highest BCUT2D eigenvalue weighted by Gasteiger charge is 2.59. The van der Waals surface area contributed by atoms with Crippen molar-refractivity contribution in [1.82, 2.24) is 0 Å². The van der Waals surface area contributed by atoms with Crippen molar-refractivity contribution < 1.29 is 22.7 Å². The van der Waals surface area contributed by atoms with Crippen molar-refractivity contribution in [3.63, 3.8) is 0 Å². The van der Waals surface area contributed by atoms with Crippen LogP contribution in [0.15, 0.2) is 0 Å². The van der Waals surface area contributed by atoms with Crippen LogP contribution < -0.4 is 5.73 Å². The molecule has 0 heterocycles. The number of hydrogen-bond acceptors (Lipinski definition) is 3. The van der Waals surface area contributed by atoms with E-state index in [9.17, 15) is 18.0 Å². The molecule has 1 unspecified atom stereocenters. The largest absolute Gasteiger partial charge is 0.468 e. The normalized spacial score (nSPS) is 16.1. The quantitative estimate of drug-likeness (QED) is 0.719. The Balaban J connectivity index is 5.08. The van der Waals surface area contributed by atoms with Gasteiger partial charge in [0, 0.05) is 6.54 Å². The Morgan fingerprint density at radius 2 is 1.93 bits per heavy atom. The van der Waals surface area contributed by atoms with Gasteiger partial charge in [-0.25, -0.2) is 0 Å². The van der Waals surface area contributed by atoms with E-state index < -0.39 is 24.1 Å². The van der Waals surface area contributed by atoms with Gasteiger partial charge in [-0.15, -0.1) is 0 Å². The summed E-state index contributed by atoms with van der Waals surface area (Å²) in [6.07, 6.45) is -4.80.